The Balaban J connectivity index is 1.57. The highest BCUT2D eigenvalue weighted by atomic mass is 35.5. The van der Waals surface area contributed by atoms with Crippen molar-refractivity contribution in [2.45, 2.75) is 19.4 Å². The number of hydrogen-bond acceptors (Lipinski definition) is 1. The van der Waals surface area contributed by atoms with Gasteiger partial charge in [-0.05, 0) is 46.5 Å². The average Bonchev–Trinajstić information content (AvgIpc) is 2.59. The van der Waals surface area contributed by atoms with Gasteiger partial charge in [-0.15, -0.1) is 0 Å². The Bertz CT molecular complexity index is 856. The fourth-order valence-corrected chi connectivity index (χ4v) is 3.23. The topological polar surface area (TPSA) is 29.1 Å². The SMILES string of the molecule is O=C(CCc1c(Cl)cccc1Cl)NCc1ccc2ccccc2c1. The molecule has 0 saturated carbocycles. The number of benzene rings is 3. The molecule has 0 aromatic heterocycles. The zero-order valence-corrected chi connectivity index (χ0v) is 14.6. The molecule has 122 valence electrons. The summed E-state index contributed by atoms with van der Waals surface area (Å²) in [5.74, 6) is -0.0147. The molecule has 0 saturated heterocycles. The van der Waals surface area contributed by atoms with Gasteiger partial charge in [0.2, 0.25) is 5.91 Å². The van der Waals surface area contributed by atoms with Crippen LogP contribution >= 0.6 is 23.2 Å². The van der Waals surface area contributed by atoms with Gasteiger partial charge in [0.05, 0.1) is 0 Å². The summed E-state index contributed by atoms with van der Waals surface area (Å²) in [6.45, 7) is 0.514. The Hall–Kier alpha value is -2.03. The molecular formula is C20H17Cl2NO. The van der Waals surface area contributed by atoms with E-state index in [0.717, 1.165) is 11.1 Å². The van der Waals surface area contributed by atoms with Crippen molar-refractivity contribution in [1.82, 2.24) is 5.32 Å². The summed E-state index contributed by atoms with van der Waals surface area (Å²) in [6.07, 6.45) is 0.888. The van der Waals surface area contributed by atoms with Gasteiger partial charge in [0, 0.05) is 23.0 Å². The molecule has 0 atom stereocenters. The lowest BCUT2D eigenvalue weighted by atomic mass is 10.1. The van der Waals surface area contributed by atoms with E-state index in [1.165, 1.54) is 10.8 Å². The van der Waals surface area contributed by atoms with Crippen LogP contribution in [0.4, 0.5) is 0 Å². The quantitative estimate of drug-likeness (QED) is 0.650. The number of rotatable bonds is 5. The summed E-state index contributed by atoms with van der Waals surface area (Å²) in [6, 6.07) is 19.8. The second-order valence-corrected chi connectivity index (χ2v) is 6.47. The second kappa shape index (κ2) is 7.69. The van der Waals surface area contributed by atoms with Crippen LogP contribution in [-0.2, 0) is 17.8 Å². The van der Waals surface area contributed by atoms with Gasteiger partial charge in [-0.25, -0.2) is 0 Å². The number of fused-ring (bicyclic) bond motifs is 1. The smallest absolute Gasteiger partial charge is 0.220 e. The molecule has 0 aliphatic heterocycles. The lowest BCUT2D eigenvalue weighted by Gasteiger charge is -2.08. The van der Waals surface area contributed by atoms with Crippen molar-refractivity contribution in [1.29, 1.82) is 0 Å². The molecule has 24 heavy (non-hydrogen) atoms. The molecule has 0 aliphatic carbocycles. The molecule has 1 amide bonds. The number of halogens is 2. The Kier molecular flexibility index (Phi) is 5.39. The van der Waals surface area contributed by atoms with Gasteiger partial charge >= 0.3 is 0 Å². The highest BCUT2D eigenvalue weighted by Gasteiger charge is 2.08. The normalized spacial score (nSPS) is 10.8. The van der Waals surface area contributed by atoms with Crippen molar-refractivity contribution in [3.8, 4) is 0 Å². The largest absolute Gasteiger partial charge is 0.352 e. The van der Waals surface area contributed by atoms with Crippen molar-refractivity contribution >= 4 is 39.9 Å². The van der Waals surface area contributed by atoms with Crippen molar-refractivity contribution in [3.63, 3.8) is 0 Å². The minimum atomic E-state index is -0.0147. The van der Waals surface area contributed by atoms with Crippen molar-refractivity contribution in [2.75, 3.05) is 0 Å². The first-order valence-corrected chi connectivity index (χ1v) is 8.56. The molecule has 4 heteroatoms. The van der Waals surface area contributed by atoms with Crippen LogP contribution in [0.5, 0.6) is 0 Å². The summed E-state index contributed by atoms with van der Waals surface area (Å²) >= 11 is 12.3. The number of carbonyl (C=O) groups excluding carboxylic acids is 1. The van der Waals surface area contributed by atoms with Crippen LogP contribution in [0.2, 0.25) is 10.0 Å². The third-order valence-electron chi connectivity index (χ3n) is 3.97. The molecule has 0 aliphatic rings. The maximum atomic E-state index is 12.1. The van der Waals surface area contributed by atoms with E-state index in [2.05, 4.69) is 29.6 Å². The number of carbonyl (C=O) groups is 1. The number of hydrogen-bond donors (Lipinski definition) is 1. The van der Waals surface area contributed by atoms with Crippen LogP contribution in [0.3, 0.4) is 0 Å². The van der Waals surface area contributed by atoms with E-state index in [0.29, 0.717) is 29.4 Å². The van der Waals surface area contributed by atoms with Crippen LogP contribution in [0.1, 0.15) is 17.5 Å². The zero-order chi connectivity index (χ0) is 16.9. The van der Waals surface area contributed by atoms with Gasteiger partial charge in [0.1, 0.15) is 0 Å². The zero-order valence-electron chi connectivity index (χ0n) is 13.1. The maximum Gasteiger partial charge on any atom is 0.220 e. The third-order valence-corrected chi connectivity index (χ3v) is 4.68. The third kappa shape index (κ3) is 4.08. The molecule has 3 aromatic rings. The van der Waals surface area contributed by atoms with Crippen LogP contribution in [0, 0.1) is 0 Å². The molecule has 0 radical (unpaired) electrons. The van der Waals surface area contributed by atoms with E-state index >= 15 is 0 Å². The first kappa shape index (κ1) is 16.8. The first-order valence-electron chi connectivity index (χ1n) is 7.81. The van der Waals surface area contributed by atoms with Gasteiger partial charge < -0.3 is 5.32 Å². The lowest BCUT2D eigenvalue weighted by molar-refractivity contribution is -0.121. The minimum absolute atomic E-state index is 0.0147. The minimum Gasteiger partial charge on any atom is -0.352 e. The number of amides is 1. The summed E-state index contributed by atoms with van der Waals surface area (Å²) in [4.78, 5) is 12.1. The Morgan fingerprint density at radius 1 is 0.875 bits per heavy atom. The lowest BCUT2D eigenvalue weighted by Crippen LogP contribution is -2.23. The highest BCUT2D eigenvalue weighted by molar-refractivity contribution is 6.36. The standard InChI is InChI=1S/C20H17Cl2NO/c21-18-6-3-7-19(22)17(18)10-11-20(24)23-13-14-8-9-15-4-1-2-5-16(15)12-14/h1-9,12H,10-11,13H2,(H,23,24). The summed E-state index contributed by atoms with van der Waals surface area (Å²) in [5, 5.41) is 6.52. The van der Waals surface area contributed by atoms with Crippen molar-refractivity contribution in [2.24, 2.45) is 0 Å². The van der Waals surface area contributed by atoms with Crippen LogP contribution in [0.15, 0.2) is 60.7 Å². The van der Waals surface area contributed by atoms with E-state index in [-0.39, 0.29) is 5.91 Å². The van der Waals surface area contributed by atoms with E-state index in [1.54, 1.807) is 18.2 Å². The Morgan fingerprint density at radius 3 is 2.33 bits per heavy atom. The van der Waals surface area contributed by atoms with Gasteiger partial charge in [-0.3, -0.25) is 4.79 Å². The van der Waals surface area contributed by atoms with E-state index in [4.69, 9.17) is 23.2 Å². The van der Waals surface area contributed by atoms with E-state index < -0.39 is 0 Å². The molecule has 3 aromatic carbocycles. The predicted octanol–water partition coefficient (Wildman–Crippen LogP) is 5.40. The van der Waals surface area contributed by atoms with Gasteiger partial charge in [0.15, 0.2) is 0 Å². The molecule has 0 heterocycles. The first-order chi connectivity index (χ1) is 11.6. The van der Waals surface area contributed by atoms with Gasteiger partial charge in [-0.1, -0.05) is 65.7 Å². The monoisotopic (exact) mass is 357 g/mol. The van der Waals surface area contributed by atoms with Gasteiger partial charge in [-0.2, -0.15) is 0 Å². The fraction of sp³-hybridized carbons (Fsp3) is 0.150. The van der Waals surface area contributed by atoms with Gasteiger partial charge in [0.25, 0.3) is 0 Å². The van der Waals surface area contributed by atoms with Crippen LogP contribution < -0.4 is 5.32 Å². The molecule has 1 N–H and O–H groups in total. The second-order valence-electron chi connectivity index (χ2n) is 5.66. The molecule has 0 spiro atoms. The molecule has 2 nitrogen and oxygen atoms in total. The average molecular weight is 358 g/mol. The fourth-order valence-electron chi connectivity index (χ4n) is 2.65. The van der Waals surface area contributed by atoms with Crippen molar-refractivity contribution in [3.05, 3.63) is 81.8 Å². The molecule has 0 unspecified atom stereocenters. The highest BCUT2D eigenvalue weighted by Crippen LogP contribution is 2.25. The predicted molar refractivity (Wildman–Crippen MR) is 101 cm³/mol. The summed E-state index contributed by atoms with van der Waals surface area (Å²) in [5.41, 5.74) is 1.90. The Labute approximate surface area is 151 Å². The molecule has 0 fully saturated rings. The van der Waals surface area contributed by atoms with E-state index in [1.807, 2.05) is 18.2 Å². The van der Waals surface area contributed by atoms with Crippen molar-refractivity contribution < 1.29 is 4.79 Å². The maximum absolute atomic E-state index is 12.1. The van der Waals surface area contributed by atoms with E-state index in [9.17, 15) is 4.79 Å². The number of nitrogens with one attached hydrogen (secondary N) is 1. The summed E-state index contributed by atoms with van der Waals surface area (Å²) in [7, 11) is 0. The molecular weight excluding hydrogens is 341 g/mol. The molecule has 3 rings (SSSR count). The van der Waals surface area contributed by atoms with Crippen LogP contribution in [-0.4, -0.2) is 5.91 Å². The van der Waals surface area contributed by atoms with Crippen LogP contribution in [0.25, 0.3) is 10.8 Å². The molecule has 0 bridgehead atoms. The Morgan fingerprint density at radius 2 is 1.58 bits per heavy atom. The summed E-state index contributed by atoms with van der Waals surface area (Å²) < 4.78 is 0.